The third-order valence-electron chi connectivity index (χ3n) is 3.52. The van der Waals surface area contributed by atoms with Gasteiger partial charge in [-0.25, -0.2) is 13.1 Å². The molecule has 0 amide bonds. The first-order chi connectivity index (χ1) is 9.53. The summed E-state index contributed by atoms with van der Waals surface area (Å²) < 4.78 is 37.8. The van der Waals surface area contributed by atoms with E-state index in [9.17, 15) is 13.5 Å². The minimum atomic E-state index is -3.68. The van der Waals surface area contributed by atoms with Crippen LogP contribution >= 0.6 is 0 Å². The summed E-state index contributed by atoms with van der Waals surface area (Å²) in [5.74, 6) is 0. The zero-order chi connectivity index (χ0) is 14.6. The predicted molar refractivity (Wildman–Crippen MR) is 72.7 cm³/mol. The fraction of sp³-hybridized carbons (Fsp3) is 0.538. The molecule has 0 bridgehead atoms. The third-order valence-corrected chi connectivity index (χ3v) is 5.02. The Morgan fingerprint density at radius 1 is 1.45 bits per heavy atom. The number of aliphatic hydroxyl groups excluding tert-OH is 1. The standard InChI is InChI=1S/C13H19NO5S/c1-18-13(6-7-19-10-13)9-14-20(16,17)12-5-3-2-4-11(12)8-15/h2-5,14-15H,6-10H2,1H3. The molecule has 2 rings (SSSR count). The monoisotopic (exact) mass is 301 g/mol. The van der Waals surface area contributed by atoms with Crippen molar-refractivity contribution in [3.8, 4) is 0 Å². The van der Waals surface area contributed by atoms with E-state index in [0.29, 0.717) is 25.2 Å². The minimum absolute atomic E-state index is 0.0904. The number of benzene rings is 1. The molecule has 1 aliphatic rings. The molecule has 112 valence electrons. The molecule has 0 spiro atoms. The average Bonchev–Trinajstić information content (AvgIpc) is 2.95. The first-order valence-electron chi connectivity index (χ1n) is 6.34. The minimum Gasteiger partial charge on any atom is -0.392 e. The lowest BCUT2D eigenvalue weighted by molar-refractivity contribution is -0.0120. The van der Waals surface area contributed by atoms with Crippen molar-refractivity contribution >= 4 is 10.0 Å². The van der Waals surface area contributed by atoms with Crippen molar-refractivity contribution < 1.29 is 23.0 Å². The molecular weight excluding hydrogens is 282 g/mol. The number of hydrogen-bond acceptors (Lipinski definition) is 5. The second-order valence-corrected chi connectivity index (χ2v) is 6.52. The van der Waals surface area contributed by atoms with Gasteiger partial charge < -0.3 is 14.6 Å². The smallest absolute Gasteiger partial charge is 0.241 e. The summed E-state index contributed by atoms with van der Waals surface area (Å²) in [7, 11) is -2.14. The highest BCUT2D eigenvalue weighted by Crippen LogP contribution is 2.23. The van der Waals surface area contributed by atoms with Gasteiger partial charge in [0, 0.05) is 26.7 Å². The molecule has 1 atom stereocenters. The summed E-state index contributed by atoms with van der Waals surface area (Å²) >= 11 is 0. The van der Waals surface area contributed by atoms with Gasteiger partial charge in [0.05, 0.1) is 18.1 Å². The number of sulfonamides is 1. The van der Waals surface area contributed by atoms with E-state index in [4.69, 9.17) is 9.47 Å². The molecule has 1 aliphatic heterocycles. The number of hydrogen-bond donors (Lipinski definition) is 2. The van der Waals surface area contributed by atoms with Crippen molar-refractivity contribution in [3.63, 3.8) is 0 Å². The molecule has 6 nitrogen and oxygen atoms in total. The molecule has 0 saturated carbocycles. The van der Waals surface area contributed by atoms with Crippen LogP contribution < -0.4 is 4.72 Å². The lowest BCUT2D eigenvalue weighted by atomic mass is 10.0. The van der Waals surface area contributed by atoms with E-state index >= 15 is 0 Å². The van der Waals surface area contributed by atoms with Crippen LogP contribution in [0.4, 0.5) is 0 Å². The van der Waals surface area contributed by atoms with Crippen molar-refractivity contribution in [2.75, 3.05) is 26.9 Å². The highest BCUT2D eigenvalue weighted by atomic mass is 32.2. The van der Waals surface area contributed by atoms with Gasteiger partial charge in [-0.1, -0.05) is 18.2 Å². The molecule has 1 fully saturated rings. The van der Waals surface area contributed by atoms with Crippen LogP contribution in [0, 0.1) is 0 Å². The summed E-state index contributed by atoms with van der Waals surface area (Å²) in [5, 5.41) is 9.22. The molecule has 0 aromatic heterocycles. The SMILES string of the molecule is COC1(CNS(=O)(=O)c2ccccc2CO)CCOC1. The highest BCUT2D eigenvalue weighted by Gasteiger charge is 2.36. The van der Waals surface area contributed by atoms with Crippen LogP contribution in [0.15, 0.2) is 29.2 Å². The molecule has 1 heterocycles. The Morgan fingerprint density at radius 2 is 2.20 bits per heavy atom. The van der Waals surface area contributed by atoms with E-state index in [1.165, 1.54) is 6.07 Å². The largest absolute Gasteiger partial charge is 0.392 e. The number of methoxy groups -OCH3 is 1. The van der Waals surface area contributed by atoms with Crippen LogP contribution in [-0.2, 0) is 26.1 Å². The summed E-state index contributed by atoms with van der Waals surface area (Å²) in [5.41, 5.74) is -0.240. The van der Waals surface area contributed by atoms with Crippen molar-refractivity contribution in [1.82, 2.24) is 4.72 Å². The van der Waals surface area contributed by atoms with Gasteiger partial charge in [0.1, 0.15) is 5.60 Å². The quantitative estimate of drug-likeness (QED) is 0.787. The molecule has 2 N–H and O–H groups in total. The fourth-order valence-electron chi connectivity index (χ4n) is 2.16. The zero-order valence-electron chi connectivity index (χ0n) is 11.3. The predicted octanol–water partition coefficient (Wildman–Crippen LogP) is 0.263. The Labute approximate surface area is 118 Å². The van der Waals surface area contributed by atoms with Crippen LogP contribution in [0.2, 0.25) is 0 Å². The number of ether oxygens (including phenoxy) is 2. The highest BCUT2D eigenvalue weighted by molar-refractivity contribution is 7.89. The van der Waals surface area contributed by atoms with Gasteiger partial charge in [0.25, 0.3) is 0 Å². The zero-order valence-corrected chi connectivity index (χ0v) is 12.1. The van der Waals surface area contributed by atoms with Gasteiger partial charge in [0.2, 0.25) is 10.0 Å². The van der Waals surface area contributed by atoms with Gasteiger partial charge in [-0.3, -0.25) is 0 Å². The summed E-state index contributed by atoms with van der Waals surface area (Å²) in [4.78, 5) is 0.0904. The third kappa shape index (κ3) is 3.18. The van der Waals surface area contributed by atoms with Crippen molar-refractivity contribution in [3.05, 3.63) is 29.8 Å². The lowest BCUT2D eigenvalue weighted by Crippen LogP contribution is -2.45. The van der Waals surface area contributed by atoms with E-state index in [-0.39, 0.29) is 18.0 Å². The molecule has 0 aliphatic carbocycles. The number of nitrogens with one attached hydrogen (secondary N) is 1. The van der Waals surface area contributed by atoms with Gasteiger partial charge in [-0.05, 0) is 11.6 Å². The van der Waals surface area contributed by atoms with Crippen LogP contribution in [0.5, 0.6) is 0 Å². The van der Waals surface area contributed by atoms with E-state index in [1.807, 2.05) is 0 Å². The van der Waals surface area contributed by atoms with Crippen LogP contribution in [-0.4, -0.2) is 46.0 Å². The molecule has 1 aromatic carbocycles. The average molecular weight is 301 g/mol. The first-order valence-corrected chi connectivity index (χ1v) is 7.83. The molecule has 20 heavy (non-hydrogen) atoms. The van der Waals surface area contributed by atoms with Gasteiger partial charge in [0.15, 0.2) is 0 Å². The molecule has 1 saturated heterocycles. The summed E-state index contributed by atoms with van der Waals surface area (Å²) in [6, 6.07) is 6.36. The Hall–Kier alpha value is -0.990. The van der Waals surface area contributed by atoms with Crippen LogP contribution in [0.3, 0.4) is 0 Å². The van der Waals surface area contributed by atoms with Crippen LogP contribution in [0.1, 0.15) is 12.0 Å². The van der Waals surface area contributed by atoms with Gasteiger partial charge in [-0.2, -0.15) is 0 Å². The Balaban J connectivity index is 2.15. The summed E-state index contributed by atoms with van der Waals surface area (Å²) in [6.45, 7) is 0.748. The maximum absolute atomic E-state index is 12.3. The maximum atomic E-state index is 12.3. The second kappa shape index (κ2) is 6.19. The summed E-state index contributed by atoms with van der Waals surface area (Å²) in [6.07, 6.45) is 0.646. The fourth-order valence-corrected chi connectivity index (χ4v) is 3.51. The second-order valence-electron chi connectivity index (χ2n) is 4.78. The van der Waals surface area contributed by atoms with Gasteiger partial charge in [-0.15, -0.1) is 0 Å². The van der Waals surface area contributed by atoms with Crippen molar-refractivity contribution in [2.45, 2.75) is 23.5 Å². The molecule has 7 heteroatoms. The molecular formula is C13H19NO5S. The maximum Gasteiger partial charge on any atom is 0.241 e. The molecule has 0 radical (unpaired) electrons. The Kier molecular flexibility index (Phi) is 4.77. The van der Waals surface area contributed by atoms with E-state index in [2.05, 4.69) is 4.72 Å². The van der Waals surface area contributed by atoms with Gasteiger partial charge >= 0.3 is 0 Å². The molecule has 1 unspecified atom stereocenters. The molecule has 1 aromatic rings. The number of aliphatic hydroxyl groups is 1. The Morgan fingerprint density at radius 3 is 2.80 bits per heavy atom. The topological polar surface area (TPSA) is 84.9 Å². The normalized spacial score (nSPS) is 23.1. The van der Waals surface area contributed by atoms with Crippen LogP contribution in [0.25, 0.3) is 0 Å². The Bertz CT molecular complexity index is 552. The first kappa shape index (κ1) is 15.4. The van der Waals surface area contributed by atoms with Crippen molar-refractivity contribution in [1.29, 1.82) is 0 Å². The van der Waals surface area contributed by atoms with E-state index in [0.717, 1.165) is 0 Å². The van der Waals surface area contributed by atoms with E-state index < -0.39 is 15.6 Å². The van der Waals surface area contributed by atoms with Crippen molar-refractivity contribution in [2.24, 2.45) is 0 Å². The number of rotatable bonds is 6. The lowest BCUT2D eigenvalue weighted by Gasteiger charge is -2.26. The van der Waals surface area contributed by atoms with E-state index in [1.54, 1.807) is 25.3 Å².